The standard InChI is InChI=1S/C15H18N2O3/c1-2-12(13(18)15(20)16-11-8-9-11)17-14(19)10-6-4-3-5-7-10/h3-7,11-12H,2,8-9H2,1H3,(H,16,20)(H,17,19). The Bertz CT molecular complexity index is 509. The number of carbonyl (C=O) groups excluding carboxylic acids is 3. The van der Waals surface area contributed by atoms with Crippen LogP contribution in [0.4, 0.5) is 0 Å². The number of hydrogen-bond acceptors (Lipinski definition) is 3. The van der Waals surface area contributed by atoms with Gasteiger partial charge in [0.1, 0.15) is 0 Å². The van der Waals surface area contributed by atoms with Crippen LogP contribution in [0.5, 0.6) is 0 Å². The van der Waals surface area contributed by atoms with Crippen LogP contribution in [0.25, 0.3) is 0 Å². The van der Waals surface area contributed by atoms with Crippen LogP contribution in [-0.4, -0.2) is 29.7 Å². The summed E-state index contributed by atoms with van der Waals surface area (Å²) in [4.78, 5) is 35.7. The molecule has 0 saturated heterocycles. The van der Waals surface area contributed by atoms with Crippen LogP contribution in [-0.2, 0) is 9.59 Å². The lowest BCUT2D eigenvalue weighted by molar-refractivity contribution is -0.139. The summed E-state index contributed by atoms with van der Waals surface area (Å²) < 4.78 is 0. The van der Waals surface area contributed by atoms with Crippen molar-refractivity contribution in [3.8, 4) is 0 Å². The number of hydrogen-bond donors (Lipinski definition) is 2. The van der Waals surface area contributed by atoms with Crippen molar-refractivity contribution in [1.29, 1.82) is 0 Å². The van der Waals surface area contributed by atoms with E-state index in [0.29, 0.717) is 12.0 Å². The van der Waals surface area contributed by atoms with Gasteiger partial charge in [-0.2, -0.15) is 0 Å². The molecule has 20 heavy (non-hydrogen) atoms. The molecule has 5 heteroatoms. The zero-order valence-electron chi connectivity index (χ0n) is 11.4. The molecule has 0 radical (unpaired) electrons. The molecular weight excluding hydrogens is 256 g/mol. The molecule has 1 aliphatic carbocycles. The number of nitrogens with one attached hydrogen (secondary N) is 2. The quantitative estimate of drug-likeness (QED) is 0.761. The van der Waals surface area contributed by atoms with E-state index in [9.17, 15) is 14.4 Å². The summed E-state index contributed by atoms with van der Waals surface area (Å²) >= 11 is 0. The zero-order chi connectivity index (χ0) is 14.5. The first-order valence-electron chi connectivity index (χ1n) is 6.82. The molecule has 1 aromatic rings. The van der Waals surface area contributed by atoms with Crippen molar-refractivity contribution < 1.29 is 14.4 Å². The van der Waals surface area contributed by atoms with Gasteiger partial charge in [0.25, 0.3) is 11.8 Å². The molecule has 0 heterocycles. The molecule has 5 nitrogen and oxygen atoms in total. The van der Waals surface area contributed by atoms with Crippen LogP contribution < -0.4 is 10.6 Å². The highest BCUT2D eigenvalue weighted by molar-refractivity contribution is 6.38. The summed E-state index contributed by atoms with van der Waals surface area (Å²) in [5.41, 5.74) is 0.473. The number of amides is 2. The van der Waals surface area contributed by atoms with Crippen LogP contribution in [0.1, 0.15) is 36.5 Å². The van der Waals surface area contributed by atoms with Gasteiger partial charge in [-0.1, -0.05) is 25.1 Å². The summed E-state index contributed by atoms with van der Waals surface area (Å²) in [5, 5.41) is 5.25. The molecule has 1 unspecified atom stereocenters. The monoisotopic (exact) mass is 274 g/mol. The Morgan fingerprint density at radius 1 is 1.20 bits per heavy atom. The van der Waals surface area contributed by atoms with E-state index in [1.807, 2.05) is 6.07 Å². The van der Waals surface area contributed by atoms with Gasteiger partial charge < -0.3 is 10.6 Å². The Kier molecular flexibility index (Phi) is 4.50. The summed E-state index contributed by atoms with van der Waals surface area (Å²) in [7, 11) is 0. The van der Waals surface area contributed by atoms with Gasteiger partial charge in [0.2, 0.25) is 5.78 Å². The lowest BCUT2D eigenvalue weighted by atomic mass is 10.1. The molecule has 2 N–H and O–H groups in total. The molecule has 0 aliphatic heterocycles. The predicted octanol–water partition coefficient (Wildman–Crippen LogP) is 1.04. The predicted molar refractivity (Wildman–Crippen MR) is 74.2 cm³/mol. The zero-order valence-corrected chi connectivity index (χ0v) is 11.4. The van der Waals surface area contributed by atoms with Crippen LogP contribution in [0, 0.1) is 0 Å². The third kappa shape index (κ3) is 3.66. The average molecular weight is 274 g/mol. The maximum atomic E-state index is 12.0. The van der Waals surface area contributed by atoms with E-state index in [0.717, 1.165) is 12.8 Å². The number of carbonyl (C=O) groups is 3. The SMILES string of the molecule is CCC(NC(=O)c1ccccc1)C(=O)C(=O)NC1CC1. The molecule has 0 spiro atoms. The number of benzene rings is 1. The fourth-order valence-electron chi connectivity index (χ4n) is 1.83. The van der Waals surface area contributed by atoms with E-state index < -0.39 is 17.7 Å². The van der Waals surface area contributed by atoms with Crippen LogP contribution in [0.15, 0.2) is 30.3 Å². The Labute approximate surface area is 117 Å². The van der Waals surface area contributed by atoms with Gasteiger partial charge in [-0.25, -0.2) is 0 Å². The molecule has 2 rings (SSSR count). The molecule has 106 valence electrons. The lowest BCUT2D eigenvalue weighted by Gasteiger charge is -2.15. The maximum Gasteiger partial charge on any atom is 0.289 e. The number of Topliss-reactive ketones (excluding diaryl/α,β-unsaturated/α-hetero) is 1. The van der Waals surface area contributed by atoms with Crippen molar-refractivity contribution in [3.05, 3.63) is 35.9 Å². The van der Waals surface area contributed by atoms with E-state index >= 15 is 0 Å². The molecular formula is C15H18N2O3. The lowest BCUT2D eigenvalue weighted by Crippen LogP contribution is -2.47. The minimum absolute atomic E-state index is 0.133. The third-order valence-corrected chi connectivity index (χ3v) is 3.20. The Hall–Kier alpha value is -2.17. The van der Waals surface area contributed by atoms with Crippen molar-refractivity contribution >= 4 is 17.6 Å². The van der Waals surface area contributed by atoms with Gasteiger partial charge in [0, 0.05) is 11.6 Å². The summed E-state index contributed by atoms with van der Waals surface area (Å²) in [5.74, 6) is -1.53. The molecule has 1 aromatic carbocycles. The molecule has 1 aliphatic rings. The fraction of sp³-hybridized carbons (Fsp3) is 0.400. The fourth-order valence-corrected chi connectivity index (χ4v) is 1.83. The molecule has 0 bridgehead atoms. The van der Waals surface area contributed by atoms with Crippen molar-refractivity contribution in [2.75, 3.05) is 0 Å². The van der Waals surface area contributed by atoms with Gasteiger partial charge in [-0.05, 0) is 31.4 Å². The van der Waals surface area contributed by atoms with E-state index in [4.69, 9.17) is 0 Å². The Morgan fingerprint density at radius 3 is 2.40 bits per heavy atom. The maximum absolute atomic E-state index is 12.0. The molecule has 1 saturated carbocycles. The highest BCUT2D eigenvalue weighted by Gasteiger charge is 2.30. The molecule has 0 aromatic heterocycles. The molecule has 2 amide bonds. The molecule has 1 atom stereocenters. The number of ketones is 1. The normalized spacial score (nSPS) is 15.2. The van der Waals surface area contributed by atoms with E-state index in [2.05, 4.69) is 10.6 Å². The van der Waals surface area contributed by atoms with Crippen molar-refractivity contribution in [2.45, 2.75) is 38.3 Å². The third-order valence-electron chi connectivity index (χ3n) is 3.20. The Morgan fingerprint density at radius 2 is 1.85 bits per heavy atom. The van der Waals surface area contributed by atoms with E-state index in [1.54, 1.807) is 31.2 Å². The minimum Gasteiger partial charge on any atom is -0.347 e. The number of rotatable bonds is 6. The topological polar surface area (TPSA) is 75.3 Å². The van der Waals surface area contributed by atoms with E-state index in [-0.39, 0.29) is 11.9 Å². The highest BCUT2D eigenvalue weighted by atomic mass is 16.2. The molecule has 1 fully saturated rings. The van der Waals surface area contributed by atoms with Gasteiger partial charge in [0.05, 0.1) is 6.04 Å². The second kappa shape index (κ2) is 6.32. The van der Waals surface area contributed by atoms with E-state index in [1.165, 1.54) is 0 Å². The first-order valence-corrected chi connectivity index (χ1v) is 6.82. The van der Waals surface area contributed by atoms with Crippen LogP contribution in [0.2, 0.25) is 0 Å². The largest absolute Gasteiger partial charge is 0.347 e. The second-order valence-electron chi connectivity index (χ2n) is 4.91. The van der Waals surface area contributed by atoms with Gasteiger partial charge in [-0.3, -0.25) is 14.4 Å². The smallest absolute Gasteiger partial charge is 0.289 e. The Balaban J connectivity index is 1.95. The summed E-state index contributed by atoms with van der Waals surface area (Å²) in [6, 6.07) is 7.99. The first-order chi connectivity index (χ1) is 9.61. The average Bonchev–Trinajstić information content (AvgIpc) is 3.28. The van der Waals surface area contributed by atoms with Crippen LogP contribution >= 0.6 is 0 Å². The van der Waals surface area contributed by atoms with Gasteiger partial charge in [0.15, 0.2) is 0 Å². The minimum atomic E-state index is -0.776. The highest BCUT2D eigenvalue weighted by Crippen LogP contribution is 2.18. The van der Waals surface area contributed by atoms with Crippen molar-refractivity contribution in [3.63, 3.8) is 0 Å². The summed E-state index contributed by atoms with van der Waals surface area (Å²) in [6.45, 7) is 1.76. The van der Waals surface area contributed by atoms with Gasteiger partial charge in [-0.15, -0.1) is 0 Å². The van der Waals surface area contributed by atoms with Crippen molar-refractivity contribution in [2.24, 2.45) is 0 Å². The first kappa shape index (κ1) is 14.2. The second-order valence-corrected chi connectivity index (χ2v) is 4.91. The van der Waals surface area contributed by atoms with Crippen LogP contribution in [0.3, 0.4) is 0 Å². The van der Waals surface area contributed by atoms with Crippen molar-refractivity contribution in [1.82, 2.24) is 10.6 Å². The summed E-state index contributed by atoms with van der Waals surface area (Å²) in [6.07, 6.45) is 2.23. The van der Waals surface area contributed by atoms with Gasteiger partial charge >= 0.3 is 0 Å².